The van der Waals surface area contributed by atoms with Gasteiger partial charge in [0, 0.05) is 12.4 Å². The van der Waals surface area contributed by atoms with Crippen LogP contribution in [0.15, 0.2) is 24.5 Å². The van der Waals surface area contributed by atoms with Crippen molar-refractivity contribution in [2.24, 2.45) is 0 Å². The van der Waals surface area contributed by atoms with Gasteiger partial charge in [-0.05, 0) is 61.8 Å². The number of rotatable bonds is 8. The topological polar surface area (TPSA) is 16.1 Å². The van der Waals surface area contributed by atoms with Gasteiger partial charge in [-0.15, -0.1) is 0 Å². The monoisotopic (exact) mass is 252 g/mol. The Hall–Kier alpha value is -0.540. The van der Waals surface area contributed by atoms with Crippen molar-refractivity contribution >= 4 is 12.6 Å². The van der Waals surface area contributed by atoms with Gasteiger partial charge in [-0.25, -0.2) is 0 Å². The molecule has 0 fully saturated rings. The summed E-state index contributed by atoms with van der Waals surface area (Å²) in [6.45, 7) is 7.90. The van der Waals surface area contributed by atoms with Crippen LogP contribution in [-0.4, -0.2) is 35.3 Å². The molecule has 1 heterocycles. The first-order valence-corrected chi connectivity index (χ1v) is 7.18. The molecule has 0 aliphatic carbocycles. The normalized spacial score (nSPS) is 12.9. The third-order valence-electron chi connectivity index (χ3n) is 3.34. The number of nitrogens with zero attached hydrogens (tertiary/aromatic N) is 2. The zero-order valence-electron chi connectivity index (χ0n) is 11.0. The molecule has 1 atom stereocenters. The van der Waals surface area contributed by atoms with Crippen molar-refractivity contribution in [2.75, 3.05) is 25.4 Å². The van der Waals surface area contributed by atoms with Crippen LogP contribution in [0, 0.1) is 0 Å². The second-order valence-corrected chi connectivity index (χ2v) is 4.75. The average Bonchev–Trinajstić information content (AvgIpc) is 2.39. The maximum absolute atomic E-state index is 4.37. The minimum Gasteiger partial charge on any atom is -0.304 e. The van der Waals surface area contributed by atoms with Crippen LogP contribution in [0.1, 0.15) is 38.2 Å². The van der Waals surface area contributed by atoms with Gasteiger partial charge in [-0.2, -0.15) is 12.6 Å². The van der Waals surface area contributed by atoms with Gasteiger partial charge in [0.2, 0.25) is 0 Å². The lowest BCUT2D eigenvalue weighted by Crippen LogP contribution is -2.25. The van der Waals surface area contributed by atoms with E-state index in [1.807, 2.05) is 12.4 Å². The molecule has 0 aromatic carbocycles. The first-order chi connectivity index (χ1) is 8.31. The van der Waals surface area contributed by atoms with E-state index in [1.165, 1.54) is 18.5 Å². The average molecular weight is 252 g/mol. The lowest BCUT2D eigenvalue weighted by molar-refractivity contribution is 0.289. The third kappa shape index (κ3) is 5.09. The molecule has 0 radical (unpaired) electrons. The van der Waals surface area contributed by atoms with Crippen molar-refractivity contribution in [2.45, 2.75) is 32.6 Å². The van der Waals surface area contributed by atoms with Crippen molar-refractivity contribution < 1.29 is 0 Å². The summed E-state index contributed by atoms with van der Waals surface area (Å²) < 4.78 is 0. The summed E-state index contributed by atoms with van der Waals surface area (Å²) in [5.74, 6) is 1.57. The lowest BCUT2D eigenvalue weighted by atomic mass is 9.94. The molecule has 1 unspecified atom stereocenters. The van der Waals surface area contributed by atoms with Gasteiger partial charge < -0.3 is 4.90 Å². The summed E-state index contributed by atoms with van der Waals surface area (Å²) in [4.78, 5) is 6.56. The molecule has 1 aromatic rings. The fourth-order valence-corrected chi connectivity index (χ4v) is 2.46. The van der Waals surface area contributed by atoms with Gasteiger partial charge in [0.25, 0.3) is 0 Å². The maximum Gasteiger partial charge on any atom is 0.0270 e. The Balaban J connectivity index is 2.55. The third-order valence-corrected chi connectivity index (χ3v) is 3.60. The molecule has 0 saturated heterocycles. The number of aromatic nitrogens is 1. The van der Waals surface area contributed by atoms with Gasteiger partial charge in [0.05, 0.1) is 0 Å². The molecule has 1 rings (SSSR count). The van der Waals surface area contributed by atoms with E-state index in [0.29, 0.717) is 5.92 Å². The van der Waals surface area contributed by atoms with Crippen molar-refractivity contribution in [3.8, 4) is 0 Å². The van der Waals surface area contributed by atoms with E-state index in [2.05, 4.69) is 48.5 Å². The summed E-state index contributed by atoms with van der Waals surface area (Å²) in [6, 6.07) is 4.27. The Labute approximate surface area is 111 Å². The highest BCUT2D eigenvalue weighted by Crippen LogP contribution is 2.23. The Bertz CT molecular complexity index is 286. The van der Waals surface area contributed by atoms with E-state index in [4.69, 9.17) is 0 Å². The first kappa shape index (κ1) is 14.5. The molecular weight excluding hydrogens is 228 g/mol. The highest BCUT2D eigenvalue weighted by atomic mass is 32.1. The van der Waals surface area contributed by atoms with Crippen molar-refractivity contribution in [1.82, 2.24) is 9.88 Å². The summed E-state index contributed by atoms with van der Waals surface area (Å²) in [7, 11) is 0. The Morgan fingerprint density at radius 1 is 1.18 bits per heavy atom. The Morgan fingerprint density at radius 3 is 2.35 bits per heavy atom. The van der Waals surface area contributed by atoms with E-state index in [0.717, 1.165) is 25.3 Å². The summed E-state index contributed by atoms with van der Waals surface area (Å²) in [5, 5.41) is 0. The molecule has 17 heavy (non-hydrogen) atoms. The van der Waals surface area contributed by atoms with Crippen molar-refractivity contribution in [1.29, 1.82) is 0 Å². The largest absolute Gasteiger partial charge is 0.304 e. The Kier molecular flexibility index (Phi) is 7.29. The highest BCUT2D eigenvalue weighted by molar-refractivity contribution is 7.80. The highest BCUT2D eigenvalue weighted by Gasteiger charge is 2.11. The van der Waals surface area contributed by atoms with E-state index < -0.39 is 0 Å². The van der Waals surface area contributed by atoms with Crippen LogP contribution in [-0.2, 0) is 0 Å². The predicted molar refractivity (Wildman–Crippen MR) is 77.9 cm³/mol. The molecule has 0 N–H and O–H groups in total. The van der Waals surface area contributed by atoms with E-state index >= 15 is 0 Å². The van der Waals surface area contributed by atoms with E-state index in [-0.39, 0.29) is 0 Å². The second kappa shape index (κ2) is 8.54. The smallest absolute Gasteiger partial charge is 0.0270 e. The first-order valence-electron chi connectivity index (χ1n) is 6.54. The number of hydrogen-bond donors (Lipinski definition) is 1. The van der Waals surface area contributed by atoms with E-state index in [1.54, 1.807) is 0 Å². The maximum atomic E-state index is 4.37. The number of hydrogen-bond acceptors (Lipinski definition) is 3. The Morgan fingerprint density at radius 2 is 1.82 bits per heavy atom. The molecule has 0 amide bonds. The molecule has 2 nitrogen and oxygen atoms in total. The van der Waals surface area contributed by atoms with Crippen LogP contribution in [0.25, 0.3) is 0 Å². The quantitative estimate of drug-likeness (QED) is 0.715. The van der Waals surface area contributed by atoms with Crippen LogP contribution >= 0.6 is 12.6 Å². The zero-order chi connectivity index (χ0) is 12.5. The standard InChI is InChI=1S/C14H24N2S/c1-3-16(4-2)11-7-14(8-12-17)13-5-9-15-10-6-13/h5-6,9-10,14,17H,3-4,7-8,11-12H2,1-2H3. The number of pyridine rings is 1. The van der Waals surface area contributed by atoms with Crippen molar-refractivity contribution in [3.05, 3.63) is 30.1 Å². The summed E-state index contributed by atoms with van der Waals surface area (Å²) >= 11 is 4.37. The molecule has 96 valence electrons. The van der Waals surface area contributed by atoms with Gasteiger partial charge >= 0.3 is 0 Å². The molecule has 0 saturated carbocycles. The molecule has 0 aliphatic heterocycles. The van der Waals surface area contributed by atoms with Crippen molar-refractivity contribution in [3.63, 3.8) is 0 Å². The SMILES string of the molecule is CCN(CC)CCC(CCS)c1ccncc1. The molecule has 1 aromatic heterocycles. The fraction of sp³-hybridized carbons (Fsp3) is 0.643. The molecule has 0 aliphatic rings. The predicted octanol–water partition coefficient (Wildman–Crippen LogP) is 3.22. The van der Waals surface area contributed by atoms with Crippen LogP contribution in [0.2, 0.25) is 0 Å². The fourth-order valence-electron chi connectivity index (χ4n) is 2.15. The minimum absolute atomic E-state index is 0.621. The van der Waals surface area contributed by atoms with Crippen LogP contribution in [0.3, 0.4) is 0 Å². The van der Waals surface area contributed by atoms with Gasteiger partial charge in [-0.3, -0.25) is 4.98 Å². The molecular formula is C14H24N2S. The number of thiol groups is 1. The van der Waals surface area contributed by atoms with Gasteiger partial charge in [-0.1, -0.05) is 13.8 Å². The molecule has 0 bridgehead atoms. The summed E-state index contributed by atoms with van der Waals surface area (Å²) in [5.41, 5.74) is 1.40. The lowest BCUT2D eigenvalue weighted by Gasteiger charge is -2.22. The van der Waals surface area contributed by atoms with Gasteiger partial charge in [0.15, 0.2) is 0 Å². The van der Waals surface area contributed by atoms with Crippen LogP contribution in [0.5, 0.6) is 0 Å². The van der Waals surface area contributed by atoms with Gasteiger partial charge in [0.1, 0.15) is 0 Å². The van der Waals surface area contributed by atoms with Crippen LogP contribution in [0.4, 0.5) is 0 Å². The molecule has 3 heteroatoms. The van der Waals surface area contributed by atoms with E-state index in [9.17, 15) is 0 Å². The molecule has 0 spiro atoms. The minimum atomic E-state index is 0.621. The van der Waals surface area contributed by atoms with Crippen LogP contribution < -0.4 is 0 Å². The zero-order valence-corrected chi connectivity index (χ0v) is 11.9. The second-order valence-electron chi connectivity index (χ2n) is 4.31. The summed E-state index contributed by atoms with van der Waals surface area (Å²) in [6.07, 6.45) is 6.14.